The van der Waals surface area contributed by atoms with Gasteiger partial charge in [-0.05, 0) is 43.2 Å². The standard InChI is InChI=1S/C18H19FN2O4S/c1-25-17-9-8-13(20-18(22)14-6-2-3-7-15(14)19)12-16(17)21-10-4-5-11-26(21,23)24/h2-3,6-9,12H,4-5,10-11H2,1H3,(H,20,22). The SMILES string of the molecule is COc1ccc(NC(=O)c2ccccc2F)cc1N1CCCCS1(=O)=O. The van der Waals surface area contributed by atoms with Gasteiger partial charge in [-0.15, -0.1) is 0 Å². The first-order valence-corrected chi connectivity index (χ1v) is 9.77. The van der Waals surface area contributed by atoms with Crippen molar-refractivity contribution in [3.63, 3.8) is 0 Å². The van der Waals surface area contributed by atoms with Crippen molar-refractivity contribution in [3.8, 4) is 5.75 Å². The van der Waals surface area contributed by atoms with Crippen LogP contribution in [0, 0.1) is 5.82 Å². The van der Waals surface area contributed by atoms with Gasteiger partial charge in [0.25, 0.3) is 5.91 Å². The fourth-order valence-electron chi connectivity index (χ4n) is 2.87. The van der Waals surface area contributed by atoms with E-state index in [0.717, 1.165) is 6.42 Å². The number of carbonyl (C=O) groups excluding carboxylic acids is 1. The molecule has 0 radical (unpaired) electrons. The lowest BCUT2D eigenvalue weighted by Crippen LogP contribution is -2.38. The minimum absolute atomic E-state index is 0.0714. The summed E-state index contributed by atoms with van der Waals surface area (Å²) < 4.78 is 45.1. The van der Waals surface area contributed by atoms with E-state index in [1.54, 1.807) is 18.2 Å². The highest BCUT2D eigenvalue weighted by Crippen LogP contribution is 2.35. The highest BCUT2D eigenvalue weighted by atomic mass is 32.2. The van der Waals surface area contributed by atoms with Crippen molar-refractivity contribution >= 4 is 27.3 Å². The van der Waals surface area contributed by atoms with Gasteiger partial charge in [0.05, 0.1) is 24.1 Å². The van der Waals surface area contributed by atoms with E-state index in [1.807, 2.05) is 0 Å². The number of rotatable bonds is 4. The van der Waals surface area contributed by atoms with Gasteiger partial charge in [0.1, 0.15) is 11.6 Å². The maximum atomic E-state index is 13.8. The van der Waals surface area contributed by atoms with Gasteiger partial charge in [0, 0.05) is 12.2 Å². The van der Waals surface area contributed by atoms with Crippen LogP contribution in [0.5, 0.6) is 5.75 Å². The van der Waals surface area contributed by atoms with Gasteiger partial charge in [0.15, 0.2) is 0 Å². The molecule has 0 aromatic heterocycles. The Morgan fingerprint density at radius 3 is 2.65 bits per heavy atom. The van der Waals surface area contributed by atoms with E-state index >= 15 is 0 Å². The van der Waals surface area contributed by atoms with Gasteiger partial charge in [-0.1, -0.05) is 12.1 Å². The number of carbonyl (C=O) groups is 1. The van der Waals surface area contributed by atoms with Crippen LogP contribution >= 0.6 is 0 Å². The number of benzene rings is 2. The molecular formula is C18H19FN2O4S. The third-order valence-corrected chi connectivity index (χ3v) is 6.03. The van der Waals surface area contributed by atoms with Crippen molar-refractivity contribution in [1.29, 1.82) is 0 Å². The number of nitrogens with one attached hydrogen (secondary N) is 1. The first-order valence-electron chi connectivity index (χ1n) is 8.17. The number of ether oxygens (including phenoxy) is 1. The van der Waals surface area contributed by atoms with Crippen molar-refractivity contribution in [1.82, 2.24) is 0 Å². The number of halogens is 1. The maximum absolute atomic E-state index is 13.8. The van der Waals surface area contributed by atoms with Crippen molar-refractivity contribution in [3.05, 3.63) is 53.8 Å². The van der Waals surface area contributed by atoms with Crippen molar-refractivity contribution in [2.45, 2.75) is 12.8 Å². The number of nitrogens with zero attached hydrogens (tertiary/aromatic N) is 1. The van der Waals surface area contributed by atoms with Crippen LogP contribution in [0.25, 0.3) is 0 Å². The molecular weight excluding hydrogens is 359 g/mol. The number of hydrogen-bond acceptors (Lipinski definition) is 4. The highest BCUT2D eigenvalue weighted by Gasteiger charge is 2.28. The molecule has 1 aliphatic rings. The summed E-state index contributed by atoms with van der Waals surface area (Å²) in [6.07, 6.45) is 1.36. The van der Waals surface area contributed by atoms with E-state index in [1.165, 1.54) is 35.7 Å². The molecule has 1 amide bonds. The molecule has 1 saturated heterocycles. The van der Waals surface area contributed by atoms with Crippen molar-refractivity contribution in [2.75, 3.05) is 29.0 Å². The first-order chi connectivity index (χ1) is 12.4. The average Bonchev–Trinajstić information content (AvgIpc) is 2.61. The topological polar surface area (TPSA) is 75.7 Å². The molecule has 2 aromatic carbocycles. The summed E-state index contributed by atoms with van der Waals surface area (Å²) in [5.74, 6) is -0.778. The van der Waals surface area contributed by atoms with Crippen molar-refractivity contribution < 1.29 is 22.3 Å². The Kier molecular flexibility index (Phi) is 5.13. The minimum atomic E-state index is -3.43. The van der Waals surface area contributed by atoms with Crippen LogP contribution in [0.15, 0.2) is 42.5 Å². The number of anilines is 2. The van der Waals surface area contributed by atoms with Gasteiger partial charge in [0.2, 0.25) is 10.0 Å². The van der Waals surface area contributed by atoms with Gasteiger partial charge >= 0.3 is 0 Å². The van der Waals surface area contributed by atoms with Crippen LogP contribution in [0.3, 0.4) is 0 Å². The molecule has 1 aliphatic heterocycles. The molecule has 26 heavy (non-hydrogen) atoms. The largest absolute Gasteiger partial charge is 0.495 e. The zero-order valence-electron chi connectivity index (χ0n) is 14.2. The second kappa shape index (κ2) is 7.33. The van der Waals surface area contributed by atoms with Crippen LogP contribution in [-0.2, 0) is 10.0 Å². The Labute approximate surface area is 151 Å². The first kappa shape index (κ1) is 18.2. The van der Waals surface area contributed by atoms with E-state index in [4.69, 9.17) is 4.74 Å². The lowest BCUT2D eigenvalue weighted by atomic mass is 10.2. The van der Waals surface area contributed by atoms with E-state index in [9.17, 15) is 17.6 Å². The Morgan fingerprint density at radius 2 is 1.96 bits per heavy atom. The Bertz CT molecular complexity index is 931. The van der Waals surface area contributed by atoms with E-state index < -0.39 is 21.7 Å². The third kappa shape index (κ3) is 3.65. The summed E-state index contributed by atoms with van der Waals surface area (Å²) in [4.78, 5) is 12.3. The molecule has 1 heterocycles. The molecule has 0 saturated carbocycles. The third-order valence-electron chi connectivity index (χ3n) is 4.17. The highest BCUT2D eigenvalue weighted by molar-refractivity contribution is 7.92. The number of methoxy groups -OCH3 is 1. The van der Waals surface area contributed by atoms with Gasteiger partial charge in [-0.25, -0.2) is 12.8 Å². The molecule has 8 heteroatoms. The lowest BCUT2D eigenvalue weighted by Gasteiger charge is -2.29. The van der Waals surface area contributed by atoms with Gasteiger partial charge in [-0.3, -0.25) is 9.10 Å². The van der Waals surface area contributed by atoms with Gasteiger partial charge in [-0.2, -0.15) is 0 Å². The zero-order valence-corrected chi connectivity index (χ0v) is 15.1. The number of sulfonamides is 1. The number of amides is 1. The van der Waals surface area contributed by atoms with Crippen LogP contribution in [0.4, 0.5) is 15.8 Å². The minimum Gasteiger partial charge on any atom is -0.495 e. The lowest BCUT2D eigenvalue weighted by molar-refractivity contribution is 0.102. The summed E-state index contributed by atoms with van der Waals surface area (Å²) in [5, 5.41) is 2.60. The summed E-state index contributed by atoms with van der Waals surface area (Å²) in [6.45, 7) is 0.351. The van der Waals surface area contributed by atoms with Crippen LogP contribution in [0.1, 0.15) is 23.2 Å². The average molecular weight is 378 g/mol. The Balaban J connectivity index is 1.93. The Hall–Kier alpha value is -2.61. The van der Waals surface area contributed by atoms with Gasteiger partial charge < -0.3 is 10.1 Å². The van der Waals surface area contributed by atoms with E-state index in [0.29, 0.717) is 30.1 Å². The zero-order chi connectivity index (χ0) is 18.7. The second-order valence-electron chi connectivity index (χ2n) is 5.92. The molecule has 0 aliphatic carbocycles. The molecule has 1 N–H and O–H groups in total. The molecule has 2 aromatic rings. The predicted molar refractivity (Wildman–Crippen MR) is 97.7 cm³/mol. The Morgan fingerprint density at radius 1 is 1.19 bits per heavy atom. The fraction of sp³-hybridized carbons (Fsp3) is 0.278. The quantitative estimate of drug-likeness (QED) is 0.887. The molecule has 6 nitrogen and oxygen atoms in total. The molecule has 0 unspecified atom stereocenters. The van der Waals surface area contributed by atoms with Crippen molar-refractivity contribution in [2.24, 2.45) is 0 Å². The molecule has 3 rings (SSSR count). The summed E-state index contributed by atoms with van der Waals surface area (Å²) in [6, 6.07) is 10.3. The summed E-state index contributed by atoms with van der Waals surface area (Å²) >= 11 is 0. The maximum Gasteiger partial charge on any atom is 0.258 e. The second-order valence-corrected chi connectivity index (χ2v) is 7.93. The normalized spacial score (nSPS) is 16.2. The molecule has 0 atom stereocenters. The van der Waals surface area contributed by atoms with Crippen LogP contribution in [-0.4, -0.2) is 33.7 Å². The fourth-order valence-corrected chi connectivity index (χ4v) is 4.50. The molecule has 1 fully saturated rings. The smallest absolute Gasteiger partial charge is 0.258 e. The molecule has 0 bridgehead atoms. The molecule has 0 spiro atoms. The van der Waals surface area contributed by atoms with Crippen LogP contribution in [0.2, 0.25) is 0 Å². The summed E-state index contributed by atoms with van der Waals surface area (Å²) in [5.41, 5.74) is 0.629. The van der Waals surface area contributed by atoms with E-state index in [2.05, 4.69) is 5.32 Å². The monoisotopic (exact) mass is 378 g/mol. The number of hydrogen-bond donors (Lipinski definition) is 1. The summed E-state index contributed by atoms with van der Waals surface area (Å²) in [7, 11) is -1.98. The predicted octanol–water partition coefficient (Wildman–Crippen LogP) is 3.02. The van der Waals surface area contributed by atoms with E-state index in [-0.39, 0.29) is 11.3 Å². The van der Waals surface area contributed by atoms with Crippen LogP contribution < -0.4 is 14.4 Å². The molecule has 138 valence electrons.